The van der Waals surface area contributed by atoms with E-state index in [0.29, 0.717) is 24.7 Å². The summed E-state index contributed by atoms with van der Waals surface area (Å²) in [6, 6.07) is 12.3. The number of aliphatic carboxylic acids is 2. The fourth-order valence-electron chi connectivity index (χ4n) is 9.94. The molecule has 0 amide bonds. The molecule has 2 saturated carbocycles. The lowest BCUT2D eigenvalue weighted by atomic mass is 9.75. The van der Waals surface area contributed by atoms with Gasteiger partial charge in [0.1, 0.15) is 11.5 Å². The molecule has 2 N–H and O–H groups in total. The monoisotopic (exact) mass is 863 g/mol. The van der Waals surface area contributed by atoms with Crippen LogP contribution in [-0.4, -0.2) is 58.5 Å². The van der Waals surface area contributed by atoms with Gasteiger partial charge in [-0.3, -0.25) is 0 Å². The summed E-state index contributed by atoms with van der Waals surface area (Å²) < 4.78 is 23.5. The van der Waals surface area contributed by atoms with Gasteiger partial charge in [-0.2, -0.15) is 0 Å². The third kappa shape index (κ3) is 14.8. The highest BCUT2D eigenvalue weighted by Crippen LogP contribution is 2.41. The summed E-state index contributed by atoms with van der Waals surface area (Å²) in [6.07, 6.45) is 24.6. The number of unbranched alkanes of at least 4 members (excludes halogenated alkanes) is 4. The van der Waals surface area contributed by atoms with E-state index in [-0.39, 0.29) is 24.0 Å². The molecule has 2 atom stereocenters. The van der Waals surface area contributed by atoms with Crippen molar-refractivity contribution in [2.24, 2.45) is 23.7 Å². The normalized spacial score (nSPS) is 20.9. The Kier molecular flexibility index (Phi) is 21.6. The maximum Gasteiger partial charge on any atom is 0.353 e. The van der Waals surface area contributed by atoms with Gasteiger partial charge in [0, 0.05) is 12.8 Å². The van der Waals surface area contributed by atoms with Crippen LogP contribution in [0.3, 0.4) is 0 Å². The summed E-state index contributed by atoms with van der Waals surface area (Å²) >= 11 is 0. The molecule has 2 fully saturated rings. The molecule has 0 heterocycles. The summed E-state index contributed by atoms with van der Waals surface area (Å²) in [7, 11) is 0. The van der Waals surface area contributed by atoms with Gasteiger partial charge in [0.25, 0.3) is 11.2 Å². The van der Waals surface area contributed by atoms with Gasteiger partial charge in [-0.05, 0) is 97.9 Å². The van der Waals surface area contributed by atoms with E-state index < -0.39 is 47.9 Å². The Morgan fingerprint density at radius 1 is 0.468 bits per heavy atom. The van der Waals surface area contributed by atoms with E-state index in [2.05, 4.69) is 13.8 Å². The van der Waals surface area contributed by atoms with Gasteiger partial charge in [-0.1, -0.05) is 143 Å². The minimum atomic E-state index is -2.74. The van der Waals surface area contributed by atoms with Gasteiger partial charge in [0.15, 0.2) is 0 Å². The average molecular weight is 863 g/mol. The third-order valence-electron chi connectivity index (χ3n) is 13.7. The molecule has 346 valence electrons. The standard InChI is InChI=1S/C52H78O10/c1-5-9-11-15-39-19-23-41(24-20-39)17-13-37-59-45-31-27-43(28-32-45)47(53)61-51(35-7-3,49(55)56)52(36-8-4,50(57)58)62-48(54)44-29-33-46(34-30-44)60-38-14-18-42-25-21-40(22-26-42)16-12-10-6-2/h27-34,39-42H,5-26,35-38H2,1-4H3,(H,55,56)(H,57,58)/t39-,40-,41-,42-,51-,52-/m0/s1. The zero-order valence-corrected chi connectivity index (χ0v) is 38.5. The molecule has 2 aromatic rings. The van der Waals surface area contributed by atoms with Gasteiger partial charge in [-0.25, -0.2) is 19.2 Å². The summed E-state index contributed by atoms with van der Waals surface area (Å²) in [4.78, 5) is 54.0. The maximum atomic E-state index is 13.7. The molecule has 0 radical (unpaired) electrons. The molecule has 2 aliphatic carbocycles. The Labute approximate surface area is 372 Å². The lowest BCUT2D eigenvalue weighted by Crippen LogP contribution is -2.67. The van der Waals surface area contributed by atoms with Gasteiger partial charge in [0.2, 0.25) is 0 Å². The highest BCUT2D eigenvalue weighted by atomic mass is 16.6. The van der Waals surface area contributed by atoms with Crippen LogP contribution in [0, 0.1) is 23.7 Å². The lowest BCUT2D eigenvalue weighted by molar-refractivity contribution is -0.210. The summed E-state index contributed by atoms with van der Waals surface area (Å²) in [5.41, 5.74) is -5.45. The van der Waals surface area contributed by atoms with Crippen LogP contribution in [0.2, 0.25) is 0 Å². The number of carboxylic acids is 2. The topological polar surface area (TPSA) is 146 Å². The van der Waals surface area contributed by atoms with E-state index in [1.165, 1.54) is 127 Å². The summed E-state index contributed by atoms with van der Waals surface area (Å²) in [6.45, 7) is 8.88. The van der Waals surface area contributed by atoms with Crippen molar-refractivity contribution in [2.75, 3.05) is 13.2 Å². The van der Waals surface area contributed by atoms with Crippen molar-refractivity contribution in [1.29, 1.82) is 0 Å². The van der Waals surface area contributed by atoms with E-state index in [0.717, 1.165) is 49.4 Å². The van der Waals surface area contributed by atoms with E-state index in [4.69, 9.17) is 18.9 Å². The number of hydrogen-bond acceptors (Lipinski definition) is 8. The highest BCUT2D eigenvalue weighted by molar-refractivity contribution is 5.99. The van der Waals surface area contributed by atoms with Gasteiger partial charge in [-0.15, -0.1) is 0 Å². The zero-order chi connectivity index (χ0) is 44.8. The van der Waals surface area contributed by atoms with Crippen LogP contribution in [0.1, 0.15) is 203 Å². The summed E-state index contributed by atoms with van der Waals surface area (Å²) in [5, 5.41) is 21.5. The molecule has 2 aromatic carbocycles. The first-order valence-corrected chi connectivity index (χ1v) is 24.4. The number of ether oxygens (including phenoxy) is 4. The lowest BCUT2D eigenvalue weighted by Gasteiger charge is -2.43. The van der Waals surface area contributed by atoms with Crippen molar-refractivity contribution in [3.63, 3.8) is 0 Å². The molecule has 10 nitrogen and oxygen atoms in total. The van der Waals surface area contributed by atoms with E-state index in [9.17, 15) is 29.4 Å². The Bertz CT molecular complexity index is 1500. The molecule has 4 rings (SSSR count). The Hall–Kier alpha value is -4.08. The number of carbonyl (C=O) groups is 4. The molecule has 0 aliphatic heterocycles. The highest BCUT2D eigenvalue weighted by Gasteiger charge is 2.67. The van der Waals surface area contributed by atoms with Crippen LogP contribution in [0.4, 0.5) is 0 Å². The smallest absolute Gasteiger partial charge is 0.353 e. The first kappa shape index (κ1) is 50.6. The molecule has 0 bridgehead atoms. The average Bonchev–Trinajstić information content (AvgIpc) is 3.27. The summed E-state index contributed by atoms with van der Waals surface area (Å²) in [5.74, 6) is -1.19. The van der Waals surface area contributed by atoms with Crippen LogP contribution in [-0.2, 0) is 19.1 Å². The number of rotatable bonds is 29. The van der Waals surface area contributed by atoms with Crippen LogP contribution >= 0.6 is 0 Å². The van der Waals surface area contributed by atoms with Crippen LogP contribution in [0.5, 0.6) is 11.5 Å². The first-order valence-electron chi connectivity index (χ1n) is 24.4. The third-order valence-corrected chi connectivity index (χ3v) is 13.7. The van der Waals surface area contributed by atoms with Gasteiger partial charge in [0.05, 0.1) is 24.3 Å². The molecular weight excluding hydrogens is 785 g/mol. The largest absolute Gasteiger partial charge is 0.494 e. The predicted molar refractivity (Wildman–Crippen MR) is 243 cm³/mol. The fourth-order valence-corrected chi connectivity index (χ4v) is 9.94. The number of benzene rings is 2. The van der Waals surface area contributed by atoms with Crippen molar-refractivity contribution in [3.8, 4) is 11.5 Å². The van der Waals surface area contributed by atoms with E-state index in [1.54, 1.807) is 38.1 Å². The number of carbonyl (C=O) groups excluding carboxylic acids is 2. The minimum Gasteiger partial charge on any atom is -0.494 e. The quantitative estimate of drug-likeness (QED) is 0.0598. The van der Waals surface area contributed by atoms with Crippen molar-refractivity contribution < 1.29 is 48.3 Å². The second kappa shape index (κ2) is 26.5. The van der Waals surface area contributed by atoms with E-state index in [1.807, 2.05) is 0 Å². The van der Waals surface area contributed by atoms with E-state index >= 15 is 0 Å². The Morgan fingerprint density at radius 3 is 1.05 bits per heavy atom. The second-order valence-corrected chi connectivity index (χ2v) is 18.3. The molecule has 62 heavy (non-hydrogen) atoms. The van der Waals surface area contributed by atoms with Crippen LogP contribution < -0.4 is 9.47 Å². The Morgan fingerprint density at radius 2 is 0.774 bits per heavy atom. The molecule has 0 aromatic heterocycles. The molecule has 0 saturated heterocycles. The number of hydrogen-bond donors (Lipinski definition) is 2. The molecule has 2 aliphatic rings. The SMILES string of the molecule is CCCCC[C@H]1CC[C@H](CCCOc2ccc(C(=O)O[C@@](CCC)(C(=O)O)[C@@](CCC)(OC(=O)c3ccc(OCCC[C@H]4CC[C@H](CCCCC)CC4)cc3)C(=O)O)cc2)CC1. The number of carboxylic acid groups (broad SMARTS) is 2. The zero-order valence-electron chi connectivity index (χ0n) is 38.5. The van der Waals surface area contributed by atoms with Crippen LogP contribution in [0.15, 0.2) is 48.5 Å². The van der Waals surface area contributed by atoms with Crippen LogP contribution in [0.25, 0.3) is 0 Å². The van der Waals surface area contributed by atoms with Crippen molar-refractivity contribution >= 4 is 23.9 Å². The van der Waals surface area contributed by atoms with Crippen molar-refractivity contribution in [1.82, 2.24) is 0 Å². The fraction of sp³-hybridized carbons (Fsp3) is 0.692. The number of esters is 2. The molecule has 10 heteroatoms. The van der Waals surface area contributed by atoms with Gasteiger partial charge >= 0.3 is 23.9 Å². The minimum absolute atomic E-state index is 0.0117. The molecular formula is C52H78O10. The molecule has 0 spiro atoms. The molecule has 0 unspecified atom stereocenters. The second-order valence-electron chi connectivity index (χ2n) is 18.3. The van der Waals surface area contributed by atoms with Gasteiger partial charge < -0.3 is 29.2 Å². The maximum absolute atomic E-state index is 13.7. The Balaban J connectivity index is 1.33. The first-order chi connectivity index (χ1) is 30.0. The van der Waals surface area contributed by atoms with Crippen molar-refractivity contribution in [3.05, 3.63) is 59.7 Å². The van der Waals surface area contributed by atoms with Crippen molar-refractivity contribution in [2.45, 2.75) is 193 Å². The predicted octanol–water partition coefficient (Wildman–Crippen LogP) is 13.0.